The highest BCUT2D eigenvalue weighted by atomic mass is 16.3. The van der Waals surface area contributed by atoms with Gasteiger partial charge in [0.25, 0.3) is 0 Å². The third kappa shape index (κ3) is 5.52. The van der Waals surface area contributed by atoms with Crippen LogP contribution in [0.3, 0.4) is 0 Å². The number of hydrogen-bond acceptors (Lipinski definition) is 3. The van der Waals surface area contributed by atoms with Crippen molar-refractivity contribution < 1.29 is 13.3 Å². The first-order valence-corrected chi connectivity index (χ1v) is 26.8. The lowest BCUT2D eigenvalue weighted by molar-refractivity contribution is 0.442. The van der Waals surface area contributed by atoms with Crippen molar-refractivity contribution in [1.29, 1.82) is 0 Å². The number of hydrogen-bond donors (Lipinski definition) is 0. The highest BCUT2D eigenvalue weighted by molar-refractivity contribution is 6.33. The van der Waals surface area contributed by atoms with E-state index in [1.165, 1.54) is 118 Å². The van der Waals surface area contributed by atoms with E-state index in [0.29, 0.717) is 11.8 Å². The Morgan fingerprint density at radius 2 is 0.630 bits per heavy atom. The number of para-hydroxylation sites is 6. The van der Waals surface area contributed by atoms with Gasteiger partial charge in [-0.15, -0.1) is 0 Å². The molecule has 0 N–H and O–H groups in total. The van der Waals surface area contributed by atoms with E-state index in [2.05, 4.69) is 179 Å². The van der Waals surface area contributed by atoms with Crippen molar-refractivity contribution >= 4 is 131 Å². The van der Waals surface area contributed by atoms with E-state index in [1.54, 1.807) is 0 Å². The molecule has 2 aliphatic carbocycles. The first-order valence-electron chi connectivity index (χ1n) is 26.8. The molecule has 5 heteroatoms. The zero-order valence-electron chi connectivity index (χ0n) is 40.5. The van der Waals surface area contributed by atoms with Crippen molar-refractivity contribution in [2.75, 3.05) is 0 Å². The number of furan rings is 3. The van der Waals surface area contributed by atoms with E-state index in [-0.39, 0.29) is 0 Å². The van der Waals surface area contributed by atoms with Crippen LogP contribution in [0.1, 0.15) is 87.2 Å². The molecule has 2 fully saturated rings. The Kier molecular flexibility index (Phi) is 8.36. The minimum Gasteiger partial charge on any atom is -0.455 e. The standard InChI is InChI=1S/C68H50N2O3/c1-3-17-39(18-4-1)41-23-11-27-47-49-29-15-35-57(67(49)72-63(41)47)69-55-33-9-7-21-43(55)45-25-13-31-51-61(45)59(69)37-53-54-38-60-62-46(26-14-32-52(62)66(54)71-65(51)53)44-22-8-10-34-56(44)70(60)58-36-16-30-50-48-28-12-24-42(64(48)73-68(50)58)40-19-5-2-6-20-40/h7-16,21-40H,1-6,17-20H2. The Labute approximate surface area is 419 Å². The molecule has 2 aliphatic rings. The number of nitrogens with zero attached hydrogens (tertiary/aromatic N) is 2. The van der Waals surface area contributed by atoms with Crippen LogP contribution in [0.2, 0.25) is 0 Å². The molecule has 15 aromatic rings. The number of rotatable bonds is 4. The van der Waals surface area contributed by atoms with Crippen LogP contribution in [-0.2, 0) is 0 Å². The van der Waals surface area contributed by atoms with Crippen LogP contribution in [0, 0.1) is 0 Å². The van der Waals surface area contributed by atoms with Crippen molar-refractivity contribution in [3.63, 3.8) is 0 Å². The van der Waals surface area contributed by atoms with Crippen molar-refractivity contribution in [2.24, 2.45) is 0 Å². The Morgan fingerprint density at radius 1 is 0.274 bits per heavy atom. The smallest absolute Gasteiger partial charge is 0.159 e. The lowest BCUT2D eigenvalue weighted by Gasteiger charge is -2.21. The fourth-order valence-corrected chi connectivity index (χ4v) is 14.4. The van der Waals surface area contributed by atoms with Gasteiger partial charge in [0.05, 0.1) is 33.4 Å². The fraction of sp³-hybridized carbons (Fsp3) is 0.176. The molecule has 17 rings (SSSR count). The summed E-state index contributed by atoms with van der Waals surface area (Å²) in [7, 11) is 0. The Hall–Kier alpha value is -8.28. The van der Waals surface area contributed by atoms with Crippen LogP contribution in [0.4, 0.5) is 0 Å². The summed E-state index contributed by atoms with van der Waals surface area (Å²) in [6, 6.07) is 63.1. The van der Waals surface area contributed by atoms with Crippen molar-refractivity contribution in [2.45, 2.75) is 76.0 Å². The third-order valence-electron chi connectivity index (χ3n) is 17.7. The monoisotopic (exact) mass is 942 g/mol. The summed E-state index contributed by atoms with van der Waals surface area (Å²) >= 11 is 0. The van der Waals surface area contributed by atoms with Gasteiger partial charge in [-0.2, -0.15) is 0 Å². The summed E-state index contributed by atoms with van der Waals surface area (Å²) in [4.78, 5) is 0. The van der Waals surface area contributed by atoms with Crippen LogP contribution < -0.4 is 0 Å². The average molecular weight is 943 g/mol. The van der Waals surface area contributed by atoms with Gasteiger partial charge in [-0.1, -0.05) is 172 Å². The lowest BCUT2D eigenvalue weighted by atomic mass is 9.83. The molecule has 0 amide bonds. The zero-order chi connectivity index (χ0) is 47.5. The topological polar surface area (TPSA) is 49.3 Å². The van der Waals surface area contributed by atoms with Crippen molar-refractivity contribution in [3.05, 3.63) is 181 Å². The highest BCUT2D eigenvalue weighted by Gasteiger charge is 2.28. The van der Waals surface area contributed by atoms with Gasteiger partial charge in [-0.3, -0.25) is 0 Å². The highest BCUT2D eigenvalue weighted by Crippen LogP contribution is 2.49. The molecule has 0 bridgehead atoms. The average Bonchev–Trinajstić information content (AvgIpc) is 4.16. The number of fused-ring (bicyclic) bond motifs is 15. The summed E-state index contributed by atoms with van der Waals surface area (Å²) in [5, 5.41) is 16.2. The van der Waals surface area contributed by atoms with Crippen molar-refractivity contribution in [3.8, 4) is 11.4 Å². The Balaban J connectivity index is 0.990. The zero-order valence-corrected chi connectivity index (χ0v) is 40.5. The molecule has 10 aromatic carbocycles. The second-order valence-corrected chi connectivity index (χ2v) is 21.4. The van der Waals surface area contributed by atoms with Gasteiger partial charge in [0.2, 0.25) is 0 Å². The molecule has 0 radical (unpaired) electrons. The van der Waals surface area contributed by atoms with Crippen LogP contribution in [-0.4, -0.2) is 9.13 Å². The molecule has 0 unspecified atom stereocenters. The quantitative estimate of drug-likeness (QED) is 0.130. The molecule has 0 spiro atoms. The van der Waals surface area contributed by atoms with Crippen LogP contribution in [0.5, 0.6) is 0 Å². The second kappa shape index (κ2) is 15.1. The normalized spacial score (nSPS) is 15.6. The van der Waals surface area contributed by atoms with Crippen molar-refractivity contribution in [1.82, 2.24) is 9.13 Å². The largest absolute Gasteiger partial charge is 0.455 e. The summed E-state index contributed by atoms with van der Waals surface area (Å²) in [5.74, 6) is 1.04. The molecule has 0 atom stereocenters. The number of aromatic nitrogens is 2. The Bertz CT molecular complexity index is 4520. The first-order chi connectivity index (χ1) is 36.2. The van der Waals surface area contributed by atoms with Gasteiger partial charge in [-0.25, -0.2) is 0 Å². The van der Waals surface area contributed by atoms with Crippen LogP contribution in [0.15, 0.2) is 183 Å². The Morgan fingerprint density at radius 3 is 1.10 bits per heavy atom. The molecule has 5 aromatic heterocycles. The lowest BCUT2D eigenvalue weighted by Crippen LogP contribution is -2.04. The maximum Gasteiger partial charge on any atom is 0.159 e. The van der Waals surface area contributed by atoms with E-state index < -0.39 is 0 Å². The maximum atomic E-state index is 7.38. The van der Waals surface area contributed by atoms with E-state index in [1.807, 2.05) is 0 Å². The minimum atomic E-state index is 0.521. The van der Waals surface area contributed by atoms with E-state index in [0.717, 1.165) is 99.3 Å². The van der Waals surface area contributed by atoms with Crippen LogP contribution >= 0.6 is 0 Å². The van der Waals surface area contributed by atoms with Gasteiger partial charge < -0.3 is 22.4 Å². The van der Waals surface area contributed by atoms with Gasteiger partial charge in [0.1, 0.15) is 22.3 Å². The summed E-state index contributed by atoms with van der Waals surface area (Å²) < 4.78 is 26.8. The van der Waals surface area contributed by atoms with E-state index >= 15 is 0 Å². The molecule has 350 valence electrons. The molecule has 0 aliphatic heterocycles. The molecular formula is C68H50N2O3. The molecule has 0 saturated heterocycles. The third-order valence-corrected chi connectivity index (χ3v) is 17.7. The molecule has 5 heterocycles. The molecule has 5 nitrogen and oxygen atoms in total. The first kappa shape index (κ1) is 40.3. The van der Waals surface area contributed by atoms with Gasteiger partial charge in [-0.05, 0) is 95.8 Å². The van der Waals surface area contributed by atoms with Gasteiger partial charge >= 0.3 is 0 Å². The SMILES string of the molecule is c1cc(C2CCCCC2)c2oc3c(-n4c5ccccc5c5cccc6c7oc8c(cc9c%10c(cccc8%10)c8ccccc8n9-c8cccc9c8oc8c(C%10CCCCC%10)cccc89)c7cc4c56)cccc3c2c1. The van der Waals surface area contributed by atoms with Gasteiger partial charge in [0.15, 0.2) is 11.2 Å². The number of pyridine rings is 2. The summed E-state index contributed by atoms with van der Waals surface area (Å²) in [6.07, 6.45) is 12.6. The predicted octanol–water partition coefficient (Wildman–Crippen LogP) is 20.0. The van der Waals surface area contributed by atoms with E-state index in [9.17, 15) is 0 Å². The molecular weight excluding hydrogens is 893 g/mol. The van der Waals surface area contributed by atoms with Gasteiger partial charge in [0, 0.05) is 64.6 Å². The maximum absolute atomic E-state index is 7.38. The second-order valence-electron chi connectivity index (χ2n) is 21.4. The number of benzene rings is 10. The predicted molar refractivity (Wildman–Crippen MR) is 304 cm³/mol. The van der Waals surface area contributed by atoms with E-state index in [4.69, 9.17) is 13.3 Å². The fourth-order valence-electron chi connectivity index (χ4n) is 14.4. The molecule has 73 heavy (non-hydrogen) atoms. The minimum absolute atomic E-state index is 0.521. The summed E-state index contributed by atoms with van der Waals surface area (Å²) in [5.41, 5.74) is 15.0. The summed E-state index contributed by atoms with van der Waals surface area (Å²) in [6.45, 7) is 0. The molecule has 2 saturated carbocycles. The van der Waals surface area contributed by atoms with Crippen LogP contribution in [0.25, 0.3) is 142 Å².